The molecule has 0 amide bonds. The molecule has 0 aliphatic heterocycles. The molecule has 4 N–H and O–H groups in total. The van der Waals surface area contributed by atoms with Crippen molar-refractivity contribution in [3.63, 3.8) is 0 Å². The van der Waals surface area contributed by atoms with Gasteiger partial charge in [0.25, 0.3) is 5.56 Å². The van der Waals surface area contributed by atoms with Gasteiger partial charge in [-0.05, 0) is 42.0 Å². The largest absolute Gasteiger partial charge is 0.405 e. The number of nitrogens with one attached hydrogen (secondary N) is 4. The van der Waals surface area contributed by atoms with Crippen molar-refractivity contribution in [3.05, 3.63) is 80.4 Å². The van der Waals surface area contributed by atoms with E-state index in [0.717, 1.165) is 5.56 Å². The Morgan fingerprint density at radius 2 is 2.03 bits per heavy atom. The molecule has 2 atom stereocenters. The van der Waals surface area contributed by atoms with Crippen LogP contribution in [0.15, 0.2) is 52.4 Å². The van der Waals surface area contributed by atoms with Gasteiger partial charge in [-0.2, -0.15) is 22.7 Å². The Bertz CT molecular complexity index is 1570. The minimum Gasteiger partial charge on any atom is -0.376 e. The average Bonchev–Trinajstić information content (AvgIpc) is 3.44. The fourth-order valence-corrected chi connectivity index (χ4v) is 4.18. The Balaban J connectivity index is 1.51. The van der Waals surface area contributed by atoms with Crippen LogP contribution >= 0.6 is 0 Å². The molecule has 1 aromatic carbocycles. The van der Waals surface area contributed by atoms with Crippen molar-refractivity contribution in [1.82, 2.24) is 24.6 Å². The van der Waals surface area contributed by atoms with Crippen LogP contribution in [0.1, 0.15) is 34.9 Å². The Kier molecular flexibility index (Phi) is 5.26. The summed E-state index contributed by atoms with van der Waals surface area (Å²) in [5.41, 5.74) is 0.837. The molecule has 0 radical (unpaired) electrons. The van der Waals surface area contributed by atoms with Crippen LogP contribution in [0, 0.1) is 5.41 Å². The highest BCUT2D eigenvalue weighted by atomic mass is 19.4. The molecule has 1 fully saturated rings. The van der Waals surface area contributed by atoms with E-state index in [2.05, 4.69) is 25.4 Å². The minimum absolute atomic E-state index is 0.0883. The summed E-state index contributed by atoms with van der Waals surface area (Å²) < 4.78 is 53.2. The van der Waals surface area contributed by atoms with Gasteiger partial charge in [0.15, 0.2) is 5.65 Å². The van der Waals surface area contributed by atoms with Gasteiger partial charge < -0.3 is 10.3 Å². The monoisotopic (exact) mass is 487 g/mol. The number of hydrogen-bond donors (Lipinski definition) is 4. The first kappa shape index (κ1) is 22.5. The molecule has 4 aromatic rings. The third-order valence-electron chi connectivity index (χ3n) is 5.86. The summed E-state index contributed by atoms with van der Waals surface area (Å²) in [6.45, 7) is -1.36. The van der Waals surface area contributed by atoms with Crippen LogP contribution in [-0.2, 0) is 0 Å². The number of halogens is 4. The lowest BCUT2D eigenvalue weighted by Gasteiger charge is -2.14. The van der Waals surface area contributed by atoms with Crippen LogP contribution in [0.4, 0.5) is 23.2 Å². The van der Waals surface area contributed by atoms with E-state index < -0.39 is 29.9 Å². The maximum atomic E-state index is 13.6. The van der Waals surface area contributed by atoms with Crippen LogP contribution in [0.3, 0.4) is 0 Å². The van der Waals surface area contributed by atoms with Crippen molar-refractivity contribution in [2.75, 3.05) is 11.9 Å². The van der Waals surface area contributed by atoms with Crippen LogP contribution in [0.2, 0.25) is 0 Å². The number of anilines is 1. The molecule has 0 spiro atoms. The number of H-pyrrole nitrogens is 2. The van der Waals surface area contributed by atoms with E-state index in [1.54, 1.807) is 24.5 Å². The molecule has 0 saturated heterocycles. The summed E-state index contributed by atoms with van der Waals surface area (Å²) in [5.74, 6) is -1.53. The standard InChI is InChI=1S/C22H17F4N7O2/c23-18(27)11-2-1-10(5-16(11)30-9-22(24,25)26)12-6-13(12)14-7-17(32-33-4-3-28-19(14)33)15-8-29-21(35)31-20(15)34/h1-5,7-8,12-13,27,30H,6,9H2,(H2,29,31,34,35)/t12-,13+/m1/s1. The maximum absolute atomic E-state index is 13.6. The van der Waals surface area contributed by atoms with Gasteiger partial charge in [-0.3, -0.25) is 15.2 Å². The summed E-state index contributed by atoms with van der Waals surface area (Å²) in [6.07, 6.45) is 0.557. The molecule has 0 unspecified atom stereocenters. The zero-order chi connectivity index (χ0) is 24.9. The maximum Gasteiger partial charge on any atom is 0.405 e. The van der Waals surface area contributed by atoms with Gasteiger partial charge in [-0.15, -0.1) is 0 Å². The topological polar surface area (TPSA) is 132 Å². The first-order chi connectivity index (χ1) is 16.6. The third-order valence-corrected chi connectivity index (χ3v) is 5.86. The summed E-state index contributed by atoms with van der Waals surface area (Å²) in [6, 6.07) is 6.00. The second kappa shape index (κ2) is 8.18. The van der Waals surface area contributed by atoms with E-state index in [1.807, 2.05) is 0 Å². The number of nitrogens with zero attached hydrogens (tertiary/aromatic N) is 3. The molecule has 13 heteroatoms. The highest BCUT2D eigenvalue weighted by Gasteiger charge is 2.42. The second-order valence-corrected chi connectivity index (χ2v) is 8.20. The van der Waals surface area contributed by atoms with Crippen molar-refractivity contribution in [1.29, 1.82) is 5.41 Å². The number of fused-ring (bicyclic) bond motifs is 1. The van der Waals surface area contributed by atoms with Gasteiger partial charge in [0, 0.05) is 29.8 Å². The van der Waals surface area contributed by atoms with E-state index in [-0.39, 0.29) is 28.7 Å². The Morgan fingerprint density at radius 1 is 1.23 bits per heavy atom. The molecule has 5 rings (SSSR count). The van der Waals surface area contributed by atoms with Gasteiger partial charge >= 0.3 is 11.9 Å². The minimum atomic E-state index is -4.51. The predicted octanol–water partition coefficient (Wildman–Crippen LogP) is 3.31. The summed E-state index contributed by atoms with van der Waals surface area (Å²) >= 11 is 0. The first-order valence-electron chi connectivity index (χ1n) is 10.5. The zero-order valence-corrected chi connectivity index (χ0v) is 17.8. The number of rotatable bonds is 6. The van der Waals surface area contributed by atoms with Gasteiger partial charge in [-0.1, -0.05) is 6.07 Å². The smallest absolute Gasteiger partial charge is 0.376 e. The van der Waals surface area contributed by atoms with E-state index in [1.165, 1.54) is 22.8 Å². The summed E-state index contributed by atoms with van der Waals surface area (Å²) in [7, 11) is 0. The lowest BCUT2D eigenvalue weighted by atomic mass is 10.0. The fourth-order valence-electron chi connectivity index (χ4n) is 4.18. The molecule has 3 aromatic heterocycles. The molecular weight excluding hydrogens is 470 g/mol. The quantitative estimate of drug-likeness (QED) is 0.245. The number of aromatic nitrogens is 5. The third kappa shape index (κ3) is 4.44. The predicted molar refractivity (Wildman–Crippen MR) is 119 cm³/mol. The lowest BCUT2D eigenvalue weighted by molar-refractivity contribution is -0.115. The summed E-state index contributed by atoms with van der Waals surface area (Å²) in [5, 5.41) is 13.8. The normalized spacial score (nSPS) is 17.5. The number of imidazole rings is 1. The van der Waals surface area contributed by atoms with Crippen molar-refractivity contribution in [2.45, 2.75) is 24.4 Å². The highest BCUT2D eigenvalue weighted by molar-refractivity contribution is 5.96. The van der Waals surface area contributed by atoms with E-state index in [9.17, 15) is 27.2 Å². The molecular formula is C22H17F4N7O2. The molecule has 1 aliphatic carbocycles. The van der Waals surface area contributed by atoms with E-state index in [0.29, 0.717) is 23.3 Å². The number of hydrogen-bond acceptors (Lipinski definition) is 6. The van der Waals surface area contributed by atoms with Gasteiger partial charge in [0.05, 0.1) is 16.8 Å². The number of aromatic amines is 2. The Labute approximate surface area is 193 Å². The van der Waals surface area contributed by atoms with Crippen LogP contribution in [0.5, 0.6) is 0 Å². The molecule has 3 heterocycles. The van der Waals surface area contributed by atoms with Crippen molar-refractivity contribution < 1.29 is 17.6 Å². The Morgan fingerprint density at radius 3 is 2.74 bits per heavy atom. The molecule has 9 nitrogen and oxygen atoms in total. The fraction of sp³-hybridized carbons (Fsp3) is 0.227. The van der Waals surface area contributed by atoms with Crippen LogP contribution < -0.4 is 16.6 Å². The molecule has 1 saturated carbocycles. The SMILES string of the molecule is N=C(F)c1ccc([C@H]2C[C@@H]2c2cc(-c3c[nH]c(=O)[nH]c3=O)nn3ccnc23)cc1NCC(F)(F)F. The van der Waals surface area contributed by atoms with Crippen molar-refractivity contribution >= 4 is 17.3 Å². The number of alkyl halides is 3. The highest BCUT2D eigenvalue weighted by Crippen LogP contribution is 2.56. The zero-order valence-electron chi connectivity index (χ0n) is 17.8. The first-order valence-corrected chi connectivity index (χ1v) is 10.5. The molecule has 180 valence electrons. The van der Waals surface area contributed by atoms with Crippen molar-refractivity contribution in [2.24, 2.45) is 0 Å². The van der Waals surface area contributed by atoms with E-state index in [4.69, 9.17) is 5.41 Å². The average molecular weight is 487 g/mol. The van der Waals surface area contributed by atoms with Crippen molar-refractivity contribution in [3.8, 4) is 11.3 Å². The molecule has 1 aliphatic rings. The van der Waals surface area contributed by atoms with Gasteiger partial charge in [-0.25, -0.2) is 14.3 Å². The van der Waals surface area contributed by atoms with Crippen LogP contribution in [-0.4, -0.2) is 43.3 Å². The summed E-state index contributed by atoms with van der Waals surface area (Å²) in [4.78, 5) is 32.6. The second-order valence-electron chi connectivity index (χ2n) is 8.20. The van der Waals surface area contributed by atoms with Gasteiger partial charge in [0.2, 0.25) is 5.97 Å². The molecule has 0 bridgehead atoms. The van der Waals surface area contributed by atoms with Gasteiger partial charge in [0.1, 0.15) is 6.54 Å². The lowest BCUT2D eigenvalue weighted by Crippen LogP contribution is -2.23. The Hall–Kier alpha value is -4.29. The number of benzene rings is 1. The van der Waals surface area contributed by atoms with Crippen LogP contribution in [0.25, 0.3) is 16.9 Å². The van der Waals surface area contributed by atoms with E-state index >= 15 is 0 Å². The molecule has 35 heavy (non-hydrogen) atoms.